The Kier molecular flexibility index (Phi) is 17.3. The van der Waals surface area contributed by atoms with Gasteiger partial charge in [0.25, 0.3) is 0 Å². The molecule has 2 N–H and O–H groups in total. The summed E-state index contributed by atoms with van der Waals surface area (Å²) in [6.07, 6.45) is 18.3. The number of carbonyl (C=O) groups is 2. The maximum absolute atomic E-state index is 11.9. The second kappa shape index (κ2) is 20.7. The molecule has 0 saturated carbocycles. The van der Waals surface area contributed by atoms with E-state index >= 15 is 0 Å². The number of ether oxygens (including phenoxy) is 3. The van der Waals surface area contributed by atoms with Gasteiger partial charge < -0.3 is 24.8 Å². The highest BCUT2D eigenvalue weighted by atomic mass is 16.6. The van der Waals surface area contributed by atoms with Crippen LogP contribution in [-0.4, -0.2) is 49.6 Å². The van der Waals surface area contributed by atoms with Crippen molar-refractivity contribution in [3.05, 3.63) is 30.1 Å². The second-order valence-electron chi connectivity index (χ2n) is 10.1. The highest BCUT2D eigenvalue weighted by Gasteiger charge is 2.27. The van der Waals surface area contributed by atoms with E-state index in [1.165, 1.54) is 70.6 Å². The minimum Gasteiger partial charge on any atom is -0.449 e. The summed E-state index contributed by atoms with van der Waals surface area (Å²) in [6, 6.07) is 5.52. The predicted octanol–water partition coefficient (Wildman–Crippen LogP) is 6.53. The summed E-state index contributed by atoms with van der Waals surface area (Å²) >= 11 is 0. The first-order valence-electron chi connectivity index (χ1n) is 14.5. The molecule has 1 saturated heterocycles. The van der Waals surface area contributed by atoms with E-state index in [0.29, 0.717) is 32.7 Å². The largest absolute Gasteiger partial charge is 0.449 e. The Hall–Kier alpha value is -2.35. The van der Waals surface area contributed by atoms with Crippen molar-refractivity contribution in [1.29, 1.82) is 0 Å². The van der Waals surface area contributed by atoms with Gasteiger partial charge in [-0.15, -0.1) is 0 Å². The quantitative estimate of drug-likeness (QED) is 0.190. The summed E-state index contributed by atoms with van der Waals surface area (Å²) < 4.78 is 16.2. The number of nitrogens with zero attached hydrogens (tertiary/aromatic N) is 1. The smallest absolute Gasteiger partial charge is 0.407 e. The van der Waals surface area contributed by atoms with Gasteiger partial charge in [0, 0.05) is 18.7 Å². The monoisotopic (exact) mass is 519 g/mol. The molecule has 8 heteroatoms. The van der Waals surface area contributed by atoms with Crippen LogP contribution in [0.4, 0.5) is 9.59 Å². The van der Waals surface area contributed by atoms with Gasteiger partial charge in [-0.25, -0.2) is 9.59 Å². The molecule has 2 amide bonds. The second-order valence-corrected chi connectivity index (χ2v) is 10.1. The molecular formula is C29H49N3O5. The van der Waals surface area contributed by atoms with Crippen LogP contribution >= 0.6 is 0 Å². The van der Waals surface area contributed by atoms with Gasteiger partial charge in [0.1, 0.15) is 6.61 Å². The molecule has 37 heavy (non-hydrogen) atoms. The number of hydrogen-bond acceptors (Lipinski definition) is 6. The third kappa shape index (κ3) is 16.2. The molecule has 0 spiro atoms. The van der Waals surface area contributed by atoms with Crippen molar-refractivity contribution in [3.8, 4) is 0 Å². The van der Waals surface area contributed by atoms with Crippen LogP contribution in [0.15, 0.2) is 24.4 Å². The number of carbonyl (C=O) groups excluding carboxylic acids is 2. The Morgan fingerprint density at radius 3 is 2.14 bits per heavy atom. The van der Waals surface area contributed by atoms with Crippen LogP contribution in [0.5, 0.6) is 0 Å². The Morgan fingerprint density at radius 1 is 0.865 bits per heavy atom. The first kappa shape index (κ1) is 30.9. The van der Waals surface area contributed by atoms with E-state index in [1.54, 1.807) is 6.20 Å². The van der Waals surface area contributed by atoms with Gasteiger partial charge in [0.05, 0.1) is 31.6 Å². The average Bonchev–Trinajstić information content (AvgIpc) is 3.38. The fourth-order valence-electron chi connectivity index (χ4n) is 4.48. The molecule has 0 aliphatic carbocycles. The van der Waals surface area contributed by atoms with Crippen LogP contribution in [0.2, 0.25) is 0 Å². The molecule has 0 unspecified atom stereocenters. The first-order valence-corrected chi connectivity index (χ1v) is 14.5. The van der Waals surface area contributed by atoms with Gasteiger partial charge in [-0.3, -0.25) is 4.98 Å². The maximum Gasteiger partial charge on any atom is 0.407 e. The lowest BCUT2D eigenvalue weighted by atomic mass is 10.0. The van der Waals surface area contributed by atoms with Crippen molar-refractivity contribution >= 4 is 12.2 Å². The minimum atomic E-state index is -0.499. The molecule has 8 nitrogen and oxygen atoms in total. The first-order chi connectivity index (χ1) is 18.2. The summed E-state index contributed by atoms with van der Waals surface area (Å²) in [4.78, 5) is 27.9. The normalized spacial score (nSPS) is 16.9. The molecule has 1 aromatic rings. The van der Waals surface area contributed by atoms with Crippen molar-refractivity contribution in [2.24, 2.45) is 5.92 Å². The van der Waals surface area contributed by atoms with E-state index in [-0.39, 0.29) is 24.7 Å². The van der Waals surface area contributed by atoms with Crippen LogP contribution in [0.25, 0.3) is 0 Å². The fraction of sp³-hybridized carbons (Fsp3) is 0.759. The Balaban J connectivity index is 1.35. The fourth-order valence-corrected chi connectivity index (χ4v) is 4.48. The molecule has 1 aliphatic rings. The molecular weight excluding hydrogens is 470 g/mol. The Labute approximate surface area is 223 Å². The molecule has 0 aromatic carbocycles. The molecule has 210 valence electrons. The van der Waals surface area contributed by atoms with E-state index in [4.69, 9.17) is 14.2 Å². The van der Waals surface area contributed by atoms with Crippen molar-refractivity contribution in [2.75, 3.05) is 26.4 Å². The molecule has 1 fully saturated rings. The number of unbranched alkanes of at least 4 members (excludes halogenated alkanes) is 12. The van der Waals surface area contributed by atoms with E-state index in [2.05, 4.69) is 22.5 Å². The standard InChI is InChI=1S/C29H49N3O5/c1-2-3-4-5-6-7-8-9-10-11-12-13-15-19-31-28(33)36-23-25-20-27(35-22-25)24-37-29(34)32-21-26-17-14-16-18-30-26/h14,16-18,25,27H,2-13,15,19-24H2,1H3,(H,31,33)(H,32,34)/t25-,27+/m1/s1. The van der Waals surface area contributed by atoms with Gasteiger partial charge in [0.2, 0.25) is 0 Å². The number of aromatic nitrogens is 1. The zero-order chi connectivity index (χ0) is 26.4. The van der Waals surface area contributed by atoms with Crippen LogP contribution in [-0.2, 0) is 20.8 Å². The van der Waals surface area contributed by atoms with E-state index in [0.717, 1.165) is 18.5 Å². The number of alkyl carbamates (subject to hydrolysis) is 2. The zero-order valence-electron chi connectivity index (χ0n) is 22.9. The number of rotatable bonds is 20. The van der Waals surface area contributed by atoms with E-state index < -0.39 is 6.09 Å². The minimum absolute atomic E-state index is 0.118. The van der Waals surface area contributed by atoms with Crippen LogP contribution in [0.1, 0.15) is 103 Å². The van der Waals surface area contributed by atoms with Crippen LogP contribution < -0.4 is 10.6 Å². The van der Waals surface area contributed by atoms with Crippen molar-refractivity contribution < 1.29 is 23.8 Å². The highest BCUT2D eigenvalue weighted by Crippen LogP contribution is 2.20. The zero-order valence-corrected chi connectivity index (χ0v) is 22.9. The lowest BCUT2D eigenvalue weighted by molar-refractivity contribution is 0.0410. The van der Waals surface area contributed by atoms with Crippen molar-refractivity contribution in [2.45, 2.75) is 109 Å². The molecule has 0 radical (unpaired) electrons. The number of amides is 2. The maximum atomic E-state index is 11.9. The third-order valence-electron chi connectivity index (χ3n) is 6.70. The highest BCUT2D eigenvalue weighted by molar-refractivity contribution is 5.67. The number of hydrogen-bond donors (Lipinski definition) is 2. The van der Waals surface area contributed by atoms with Crippen molar-refractivity contribution in [3.63, 3.8) is 0 Å². The molecule has 1 aromatic heterocycles. The average molecular weight is 520 g/mol. The number of nitrogens with one attached hydrogen (secondary N) is 2. The van der Waals surface area contributed by atoms with Gasteiger partial charge >= 0.3 is 12.2 Å². The molecule has 2 rings (SSSR count). The van der Waals surface area contributed by atoms with E-state index in [9.17, 15) is 9.59 Å². The van der Waals surface area contributed by atoms with Gasteiger partial charge in [-0.05, 0) is 25.0 Å². The summed E-state index contributed by atoms with van der Waals surface area (Å²) in [6.45, 7) is 4.22. The molecule has 2 heterocycles. The van der Waals surface area contributed by atoms with Crippen LogP contribution in [0.3, 0.4) is 0 Å². The number of pyridine rings is 1. The molecule has 0 bridgehead atoms. The van der Waals surface area contributed by atoms with Gasteiger partial charge in [0.15, 0.2) is 0 Å². The van der Waals surface area contributed by atoms with Gasteiger partial charge in [-0.1, -0.05) is 90.0 Å². The summed E-state index contributed by atoms with van der Waals surface area (Å²) in [7, 11) is 0. The summed E-state index contributed by atoms with van der Waals surface area (Å²) in [5.74, 6) is 0.118. The van der Waals surface area contributed by atoms with Gasteiger partial charge in [-0.2, -0.15) is 0 Å². The summed E-state index contributed by atoms with van der Waals surface area (Å²) in [5.41, 5.74) is 0.765. The predicted molar refractivity (Wildman–Crippen MR) is 145 cm³/mol. The SMILES string of the molecule is CCCCCCCCCCCCCCCNC(=O)OC[C@H]1CO[C@H](COC(=O)NCc2ccccn2)C1. The van der Waals surface area contributed by atoms with Crippen molar-refractivity contribution in [1.82, 2.24) is 15.6 Å². The van der Waals surface area contributed by atoms with Crippen LogP contribution in [0, 0.1) is 5.92 Å². The Morgan fingerprint density at radius 2 is 1.49 bits per heavy atom. The molecule has 2 atom stereocenters. The lowest BCUT2D eigenvalue weighted by Gasteiger charge is -2.12. The Bertz CT molecular complexity index is 719. The lowest BCUT2D eigenvalue weighted by Crippen LogP contribution is -2.28. The third-order valence-corrected chi connectivity index (χ3v) is 6.70. The summed E-state index contributed by atoms with van der Waals surface area (Å²) in [5, 5.41) is 5.51. The molecule has 1 aliphatic heterocycles. The van der Waals surface area contributed by atoms with E-state index in [1.807, 2.05) is 18.2 Å². The topological polar surface area (TPSA) is 98.8 Å².